The van der Waals surface area contributed by atoms with Gasteiger partial charge in [-0.15, -0.1) is 0 Å². The summed E-state index contributed by atoms with van der Waals surface area (Å²) in [5.74, 6) is 0. The SMILES string of the molecule is O=C(Cl)COC(=O)Nc1ccoc1. The summed E-state index contributed by atoms with van der Waals surface area (Å²) in [6, 6.07) is 1.53. The van der Waals surface area contributed by atoms with E-state index in [4.69, 9.17) is 11.6 Å². The molecule has 1 rings (SSSR count). The Morgan fingerprint density at radius 3 is 2.92 bits per heavy atom. The molecule has 0 aliphatic carbocycles. The third-order valence-electron chi connectivity index (χ3n) is 1.08. The number of nitrogens with one attached hydrogen (secondary N) is 1. The third kappa shape index (κ3) is 3.62. The van der Waals surface area contributed by atoms with E-state index < -0.39 is 17.9 Å². The zero-order valence-corrected chi connectivity index (χ0v) is 7.21. The molecule has 0 saturated carbocycles. The van der Waals surface area contributed by atoms with Gasteiger partial charge in [0.05, 0.1) is 12.0 Å². The Balaban J connectivity index is 2.30. The molecule has 0 bridgehead atoms. The van der Waals surface area contributed by atoms with Crippen molar-refractivity contribution in [1.29, 1.82) is 0 Å². The molecule has 1 N–H and O–H groups in total. The summed E-state index contributed by atoms with van der Waals surface area (Å²) in [7, 11) is 0. The van der Waals surface area contributed by atoms with Crippen molar-refractivity contribution < 1.29 is 18.7 Å². The highest BCUT2D eigenvalue weighted by Gasteiger charge is 2.05. The van der Waals surface area contributed by atoms with Gasteiger partial charge < -0.3 is 9.15 Å². The Morgan fingerprint density at radius 2 is 2.38 bits per heavy atom. The van der Waals surface area contributed by atoms with Crippen molar-refractivity contribution >= 4 is 28.6 Å². The molecule has 5 nitrogen and oxygen atoms in total. The van der Waals surface area contributed by atoms with Crippen molar-refractivity contribution in [3.8, 4) is 0 Å². The molecule has 1 amide bonds. The number of carbonyl (C=O) groups is 2. The molecular formula is C7H6ClNO4. The van der Waals surface area contributed by atoms with Gasteiger partial charge in [0.15, 0.2) is 6.61 Å². The molecule has 0 aliphatic heterocycles. The topological polar surface area (TPSA) is 68.5 Å². The van der Waals surface area contributed by atoms with Crippen LogP contribution in [0.25, 0.3) is 0 Å². The third-order valence-corrected chi connectivity index (χ3v) is 1.19. The maximum atomic E-state index is 10.8. The van der Waals surface area contributed by atoms with Crippen LogP contribution < -0.4 is 5.32 Å². The van der Waals surface area contributed by atoms with Crippen LogP contribution in [0.3, 0.4) is 0 Å². The first-order chi connectivity index (χ1) is 6.18. The summed E-state index contributed by atoms with van der Waals surface area (Å²) in [4.78, 5) is 21.0. The molecule has 6 heteroatoms. The van der Waals surface area contributed by atoms with Gasteiger partial charge in [0.1, 0.15) is 6.26 Å². The normalized spacial score (nSPS) is 9.31. The van der Waals surface area contributed by atoms with Gasteiger partial charge in [-0.2, -0.15) is 0 Å². The van der Waals surface area contributed by atoms with Crippen LogP contribution in [0, 0.1) is 0 Å². The lowest BCUT2D eigenvalue weighted by Gasteiger charge is -2.01. The van der Waals surface area contributed by atoms with Crippen LogP contribution in [0.4, 0.5) is 10.5 Å². The molecule has 1 heterocycles. The number of ether oxygens (including phenoxy) is 1. The molecule has 0 saturated heterocycles. The molecule has 1 aromatic heterocycles. The van der Waals surface area contributed by atoms with Gasteiger partial charge in [0.2, 0.25) is 0 Å². The van der Waals surface area contributed by atoms with Gasteiger partial charge in [0.25, 0.3) is 5.24 Å². The van der Waals surface area contributed by atoms with Gasteiger partial charge in [-0.05, 0) is 11.6 Å². The number of anilines is 1. The van der Waals surface area contributed by atoms with Gasteiger partial charge in [-0.3, -0.25) is 10.1 Å². The Bertz CT molecular complexity index is 295. The lowest BCUT2D eigenvalue weighted by Crippen LogP contribution is -2.16. The molecule has 1 aromatic rings. The van der Waals surface area contributed by atoms with Crippen molar-refractivity contribution in [2.75, 3.05) is 11.9 Å². The van der Waals surface area contributed by atoms with E-state index >= 15 is 0 Å². The van der Waals surface area contributed by atoms with E-state index in [1.165, 1.54) is 18.6 Å². The quantitative estimate of drug-likeness (QED) is 0.758. The molecule has 0 unspecified atom stereocenters. The highest BCUT2D eigenvalue weighted by Crippen LogP contribution is 2.06. The second kappa shape index (κ2) is 4.51. The Labute approximate surface area is 78.6 Å². The summed E-state index contributed by atoms with van der Waals surface area (Å²) in [6.45, 7) is -0.453. The van der Waals surface area contributed by atoms with E-state index in [-0.39, 0.29) is 0 Å². The number of furan rings is 1. The lowest BCUT2D eigenvalue weighted by atomic mass is 10.5. The molecule has 13 heavy (non-hydrogen) atoms. The van der Waals surface area contributed by atoms with E-state index in [0.717, 1.165) is 0 Å². The van der Waals surface area contributed by atoms with E-state index in [1.807, 2.05) is 0 Å². The van der Waals surface area contributed by atoms with Crippen LogP contribution in [0.15, 0.2) is 23.0 Å². The van der Waals surface area contributed by atoms with Crippen LogP contribution in [0.2, 0.25) is 0 Å². The van der Waals surface area contributed by atoms with Gasteiger partial charge >= 0.3 is 6.09 Å². The summed E-state index contributed by atoms with van der Waals surface area (Å²) < 4.78 is 9.08. The second-order valence-corrected chi connectivity index (χ2v) is 2.49. The molecule has 0 atom stereocenters. The first-order valence-corrected chi connectivity index (χ1v) is 3.70. The highest BCUT2D eigenvalue weighted by molar-refractivity contribution is 6.64. The van der Waals surface area contributed by atoms with Crippen LogP contribution in [-0.4, -0.2) is 17.9 Å². The summed E-state index contributed by atoms with van der Waals surface area (Å²) >= 11 is 4.94. The summed E-state index contributed by atoms with van der Waals surface area (Å²) in [5, 5.41) is 1.58. The average molecular weight is 204 g/mol. The Morgan fingerprint density at radius 1 is 1.62 bits per heavy atom. The average Bonchev–Trinajstić information content (AvgIpc) is 2.53. The van der Waals surface area contributed by atoms with Crippen molar-refractivity contribution in [2.45, 2.75) is 0 Å². The molecule has 0 spiro atoms. The second-order valence-electron chi connectivity index (χ2n) is 2.07. The maximum absolute atomic E-state index is 10.8. The van der Waals surface area contributed by atoms with E-state index in [2.05, 4.69) is 14.5 Å². The number of rotatable bonds is 3. The van der Waals surface area contributed by atoms with Crippen LogP contribution in [0.1, 0.15) is 0 Å². The van der Waals surface area contributed by atoms with Crippen LogP contribution in [-0.2, 0) is 9.53 Å². The molecule has 0 radical (unpaired) electrons. The van der Waals surface area contributed by atoms with Gasteiger partial charge in [-0.1, -0.05) is 0 Å². The molecule has 0 aliphatic rings. The largest absolute Gasteiger partial charge is 0.470 e. The minimum Gasteiger partial charge on any atom is -0.470 e. The maximum Gasteiger partial charge on any atom is 0.412 e. The Kier molecular flexibility index (Phi) is 3.33. The number of carbonyl (C=O) groups excluding carboxylic acids is 2. The van der Waals surface area contributed by atoms with Crippen LogP contribution >= 0.6 is 11.6 Å². The highest BCUT2D eigenvalue weighted by atomic mass is 35.5. The van der Waals surface area contributed by atoms with E-state index in [0.29, 0.717) is 5.69 Å². The van der Waals surface area contributed by atoms with E-state index in [1.54, 1.807) is 0 Å². The van der Waals surface area contributed by atoms with Crippen molar-refractivity contribution in [2.24, 2.45) is 0 Å². The summed E-state index contributed by atoms with van der Waals surface area (Å²) in [6.07, 6.45) is 1.96. The van der Waals surface area contributed by atoms with Gasteiger partial charge in [-0.25, -0.2) is 4.79 Å². The molecule has 0 fully saturated rings. The number of hydrogen-bond acceptors (Lipinski definition) is 4. The number of amides is 1. The zero-order chi connectivity index (χ0) is 9.68. The standard InChI is InChI=1S/C7H6ClNO4/c8-6(10)4-13-7(11)9-5-1-2-12-3-5/h1-3H,4H2,(H,9,11). The number of halogens is 1. The lowest BCUT2D eigenvalue weighted by molar-refractivity contribution is -0.114. The fourth-order valence-electron chi connectivity index (χ4n) is 0.612. The minimum absolute atomic E-state index is 0.451. The molecule has 0 aromatic carbocycles. The van der Waals surface area contributed by atoms with Crippen LogP contribution in [0.5, 0.6) is 0 Å². The fraction of sp³-hybridized carbons (Fsp3) is 0.143. The van der Waals surface area contributed by atoms with Gasteiger partial charge in [0, 0.05) is 6.07 Å². The first-order valence-electron chi connectivity index (χ1n) is 3.33. The van der Waals surface area contributed by atoms with Crippen molar-refractivity contribution in [1.82, 2.24) is 0 Å². The molecule has 70 valence electrons. The van der Waals surface area contributed by atoms with Crippen molar-refractivity contribution in [3.05, 3.63) is 18.6 Å². The number of hydrogen-bond donors (Lipinski definition) is 1. The van der Waals surface area contributed by atoms with Crippen molar-refractivity contribution in [3.63, 3.8) is 0 Å². The predicted octanol–water partition coefficient (Wildman–Crippen LogP) is 1.59. The van der Waals surface area contributed by atoms with E-state index in [9.17, 15) is 9.59 Å². The monoisotopic (exact) mass is 203 g/mol. The molecular weight excluding hydrogens is 198 g/mol. The first kappa shape index (κ1) is 9.60. The smallest absolute Gasteiger partial charge is 0.412 e. The summed E-state index contributed by atoms with van der Waals surface area (Å²) in [5.41, 5.74) is 0.451. The minimum atomic E-state index is -0.754. The predicted molar refractivity (Wildman–Crippen MR) is 44.5 cm³/mol. The Hall–Kier alpha value is -1.49. The fourth-order valence-corrected chi connectivity index (χ4v) is 0.666. The zero-order valence-electron chi connectivity index (χ0n) is 6.45.